The number of nitrogens with zero attached hydrogens (tertiary/aromatic N) is 1. The lowest BCUT2D eigenvalue weighted by molar-refractivity contribution is 0.624. The zero-order chi connectivity index (χ0) is 12.1. The predicted molar refractivity (Wildman–Crippen MR) is 67.9 cm³/mol. The third kappa shape index (κ3) is 3.03. The minimum Gasteiger partial charge on any atom is -0.338 e. The average molecular weight is 230 g/mol. The van der Waals surface area contributed by atoms with Crippen LogP contribution in [0.3, 0.4) is 0 Å². The minimum atomic E-state index is -0.325. The lowest BCUT2D eigenvalue weighted by atomic mass is 10.2. The van der Waals surface area contributed by atoms with Crippen molar-refractivity contribution in [3.05, 3.63) is 54.0 Å². The van der Waals surface area contributed by atoms with Crippen LogP contribution in [0, 0.1) is 5.82 Å². The van der Waals surface area contributed by atoms with Crippen LogP contribution in [0.1, 0.15) is 19.0 Å². The number of hydrogen-bond acceptors (Lipinski definition) is 2. The molecular weight excluding hydrogens is 215 g/mol. The van der Waals surface area contributed by atoms with Crippen LogP contribution in [0.2, 0.25) is 0 Å². The van der Waals surface area contributed by atoms with Gasteiger partial charge in [0.25, 0.3) is 0 Å². The van der Waals surface area contributed by atoms with E-state index in [1.807, 2.05) is 30.3 Å². The third-order valence-electron chi connectivity index (χ3n) is 2.45. The van der Waals surface area contributed by atoms with Gasteiger partial charge in [-0.05, 0) is 30.7 Å². The van der Waals surface area contributed by atoms with Gasteiger partial charge < -0.3 is 5.32 Å². The van der Waals surface area contributed by atoms with E-state index in [-0.39, 0.29) is 5.82 Å². The van der Waals surface area contributed by atoms with Crippen molar-refractivity contribution >= 4 is 11.5 Å². The van der Waals surface area contributed by atoms with Gasteiger partial charge in [-0.25, -0.2) is 9.37 Å². The fourth-order valence-corrected chi connectivity index (χ4v) is 1.62. The van der Waals surface area contributed by atoms with Gasteiger partial charge in [0.1, 0.15) is 0 Å². The highest BCUT2D eigenvalue weighted by Gasteiger charge is 2.05. The monoisotopic (exact) mass is 230 g/mol. The van der Waals surface area contributed by atoms with E-state index in [9.17, 15) is 4.39 Å². The van der Waals surface area contributed by atoms with Crippen LogP contribution in [0.5, 0.6) is 0 Å². The summed E-state index contributed by atoms with van der Waals surface area (Å²) in [5.74, 6) is -0.0316. The van der Waals surface area contributed by atoms with Crippen molar-refractivity contribution < 1.29 is 4.39 Å². The Morgan fingerprint density at radius 3 is 2.59 bits per heavy atom. The highest BCUT2D eigenvalue weighted by Crippen LogP contribution is 2.18. The first kappa shape index (κ1) is 11.6. The largest absolute Gasteiger partial charge is 0.338 e. The molecular formula is C14H15FN2. The summed E-state index contributed by atoms with van der Waals surface area (Å²) in [4.78, 5) is 4.27. The molecule has 0 unspecified atom stereocenters. The van der Waals surface area contributed by atoms with E-state index in [4.69, 9.17) is 0 Å². The normalized spacial score (nSPS) is 10.2. The molecule has 0 fully saturated rings. The molecule has 1 aromatic carbocycles. The molecule has 88 valence electrons. The van der Waals surface area contributed by atoms with E-state index < -0.39 is 0 Å². The lowest BCUT2D eigenvalue weighted by Gasteiger charge is -2.08. The van der Waals surface area contributed by atoms with Crippen LogP contribution in [0.4, 0.5) is 15.9 Å². The molecule has 2 aromatic rings. The molecule has 3 heteroatoms. The molecule has 0 bridgehead atoms. The first-order chi connectivity index (χ1) is 8.29. The summed E-state index contributed by atoms with van der Waals surface area (Å²) in [6.07, 6.45) is 1.87. The number of benzene rings is 1. The standard InChI is InChI=1S/C14H15FN2/c1-2-6-11-9-10-13(15)14(16-11)17-12-7-4-3-5-8-12/h3-5,7-10H,2,6H2,1H3,(H,16,17). The van der Waals surface area contributed by atoms with Crippen molar-refractivity contribution in [2.24, 2.45) is 0 Å². The SMILES string of the molecule is CCCc1ccc(F)c(Nc2ccccc2)n1. The second-order valence-corrected chi connectivity index (χ2v) is 3.87. The first-order valence-corrected chi connectivity index (χ1v) is 5.77. The number of anilines is 2. The molecule has 0 atom stereocenters. The molecule has 0 saturated heterocycles. The summed E-state index contributed by atoms with van der Waals surface area (Å²) < 4.78 is 13.6. The van der Waals surface area contributed by atoms with Gasteiger partial charge in [-0.1, -0.05) is 31.5 Å². The topological polar surface area (TPSA) is 24.9 Å². The van der Waals surface area contributed by atoms with Crippen molar-refractivity contribution in [1.82, 2.24) is 4.98 Å². The van der Waals surface area contributed by atoms with Crippen molar-refractivity contribution in [3.8, 4) is 0 Å². The zero-order valence-electron chi connectivity index (χ0n) is 9.78. The zero-order valence-corrected chi connectivity index (χ0v) is 9.78. The van der Waals surface area contributed by atoms with Gasteiger partial charge in [0, 0.05) is 11.4 Å². The minimum absolute atomic E-state index is 0.294. The van der Waals surface area contributed by atoms with Gasteiger partial charge >= 0.3 is 0 Å². The fraction of sp³-hybridized carbons (Fsp3) is 0.214. The van der Waals surface area contributed by atoms with Crippen LogP contribution in [0.25, 0.3) is 0 Å². The summed E-state index contributed by atoms with van der Waals surface area (Å²) >= 11 is 0. The average Bonchev–Trinajstić information content (AvgIpc) is 2.35. The Bertz CT molecular complexity index is 483. The lowest BCUT2D eigenvalue weighted by Crippen LogP contribution is -2.00. The number of para-hydroxylation sites is 1. The van der Waals surface area contributed by atoms with Crippen LogP contribution >= 0.6 is 0 Å². The van der Waals surface area contributed by atoms with Gasteiger partial charge in [0.2, 0.25) is 0 Å². The molecule has 17 heavy (non-hydrogen) atoms. The van der Waals surface area contributed by atoms with Crippen molar-refractivity contribution in [3.63, 3.8) is 0 Å². The molecule has 0 amide bonds. The Labute approximate surface area is 101 Å². The molecule has 2 nitrogen and oxygen atoms in total. The number of aromatic nitrogens is 1. The third-order valence-corrected chi connectivity index (χ3v) is 2.45. The van der Waals surface area contributed by atoms with Crippen LogP contribution in [0.15, 0.2) is 42.5 Å². The maximum Gasteiger partial charge on any atom is 0.166 e. The summed E-state index contributed by atoms with van der Waals surface area (Å²) in [7, 11) is 0. The van der Waals surface area contributed by atoms with Gasteiger partial charge in [-0.15, -0.1) is 0 Å². The van der Waals surface area contributed by atoms with Crippen molar-refractivity contribution in [2.75, 3.05) is 5.32 Å². The molecule has 0 aliphatic carbocycles. The molecule has 1 heterocycles. The number of halogens is 1. The maximum atomic E-state index is 13.6. The molecule has 1 aromatic heterocycles. The van der Waals surface area contributed by atoms with Crippen LogP contribution < -0.4 is 5.32 Å². The number of nitrogens with one attached hydrogen (secondary N) is 1. The van der Waals surface area contributed by atoms with E-state index in [1.165, 1.54) is 6.07 Å². The second-order valence-electron chi connectivity index (χ2n) is 3.87. The van der Waals surface area contributed by atoms with Gasteiger partial charge in [0.15, 0.2) is 11.6 Å². The number of rotatable bonds is 4. The molecule has 0 spiro atoms. The smallest absolute Gasteiger partial charge is 0.166 e. The van der Waals surface area contributed by atoms with Crippen molar-refractivity contribution in [2.45, 2.75) is 19.8 Å². The molecule has 0 aliphatic rings. The van der Waals surface area contributed by atoms with Crippen molar-refractivity contribution in [1.29, 1.82) is 0 Å². The number of pyridine rings is 1. The first-order valence-electron chi connectivity index (χ1n) is 5.77. The Morgan fingerprint density at radius 1 is 1.12 bits per heavy atom. The van der Waals surface area contributed by atoms with E-state index in [0.29, 0.717) is 5.82 Å². The van der Waals surface area contributed by atoms with Crippen LogP contribution in [-0.4, -0.2) is 4.98 Å². The summed E-state index contributed by atoms with van der Waals surface area (Å²) in [5, 5.41) is 2.98. The summed E-state index contributed by atoms with van der Waals surface area (Å²) in [6.45, 7) is 2.08. The maximum absolute atomic E-state index is 13.6. The van der Waals surface area contributed by atoms with Gasteiger partial charge in [-0.3, -0.25) is 0 Å². The predicted octanol–water partition coefficient (Wildman–Crippen LogP) is 3.92. The van der Waals surface area contributed by atoms with Gasteiger partial charge in [0.05, 0.1) is 0 Å². The number of hydrogen-bond donors (Lipinski definition) is 1. The summed E-state index contributed by atoms with van der Waals surface area (Å²) in [6, 6.07) is 12.7. The quantitative estimate of drug-likeness (QED) is 0.861. The molecule has 1 N–H and O–H groups in total. The Balaban J connectivity index is 2.22. The Kier molecular flexibility index (Phi) is 3.70. The van der Waals surface area contributed by atoms with Crippen LogP contribution in [-0.2, 0) is 6.42 Å². The molecule has 2 rings (SSSR count). The fourth-order valence-electron chi connectivity index (χ4n) is 1.62. The van der Waals surface area contributed by atoms with E-state index >= 15 is 0 Å². The molecule has 0 radical (unpaired) electrons. The highest BCUT2D eigenvalue weighted by atomic mass is 19.1. The van der Waals surface area contributed by atoms with E-state index in [1.54, 1.807) is 6.07 Å². The second kappa shape index (κ2) is 5.43. The van der Waals surface area contributed by atoms with E-state index in [2.05, 4.69) is 17.2 Å². The molecule has 0 saturated carbocycles. The van der Waals surface area contributed by atoms with Gasteiger partial charge in [-0.2, -0.15) is 0 Å². The van der Waals surface area contributed by atoms with E-state index in [0.717, 1.165) is 24.2 Å². The summed E-state index contributed by atoms with van der Waals surface area (Å²) in [5.41, 5.74) is 1.75. The highest BCUT2D eigenvalue weighted by molar-refractivity contribution is 5.56. The Morgan fingerprint density at radius 2 is 1.88 bits per heavy atom. The Hall–Kier alpha value is -1.90. The number of aryl methyl sites for hydroxylation is 1. The molecule has 0 aliphatic heterocycles.